The molecule has 6 nitrogen and oxygen atoms in total. The molecule has 4 rings (SSSR count). The summed E-state index contributed by atoms with van der Waals surface area (Å²) in [5.74, 6) is -1.29. The Morgan fingerprint density at radius 3 is 2.76 bits per heavy atom. The highest BCUT2D eigenvalue weighted by molar-refractivity contribution is 5.74. The number of para-hydroxylation sites is 1. The summed E-state index contributed by atoms with van der Waals surface area (Å²) in [5, 5.41) is 2.83. The molecular formula is C21H23F2N3O3. The van der Waals surface area contributed by atoms with Crippen LogP contribution in [0.3, 0.4) is 0 Å². The lowest BCUT2D eigenvalue weighted by Gasteiger charge is -2.43. The molecule has 154 valence electrons. The SMILES string of the molecule is O=C(NCc1ccc(Oc2ccccc2F)c(F)c1)N1CCN2CCOCC2C1. The monoisotopic (exact) mass is 403 g/mol. The molecule has 2 amide bonds. The Morgan fingerprint density at radius 1 is 1.10 bits per heavy atom. The van der Waals surface area contributed by atoms with Crippen LogP contribution in [0.2, 0.25) is 0 Å². The largest absolute Gasteiger partial charge is 0.451 e. The molecule has 29 heavy (non-hydrogen) atoms. The molecule has 1 unspecified atom stereocenters. The third-order valence-corrected chi connectivity index (χ3v) is 5.22. The predicted octanol–water partition coefficient (Wildman–Crippen LogP) is 2.98. The lowest BCUT2D eigenvalue weighted by atomic mass is 10.1. The molecule has 2 aromatic carbocycles. The first kappa shape index (κ1) is 19.6. The van der Waals surface area contributed by atoms with Crippen molar-refractivity contribution >= 4 is 6.03 Å². The third-order valence-electron chi connectivity index (χ3n) is 5.22. The first-order chi connectivity index (χ1) is 14.1. The van der Waals surface area contributed by atoms with Gasteiger partial charge >= 0.3 is 6.03 Å². The van der Waals surface area contributed by atoms with Crippen LogP contribution in [0.25, 0.3) is 0 Å². The van der Waals surface area contributed by atoms with E-state index in [0.717, 1.165) is 19.7 Å². The Bertz CT molecular complexity index is 880. The first-order valence-corrected chi connectivity index (χ1v) is 9.65. The maximum atomic E-state index is 14.3. The Balaban J connectivity index is 1.32. The van der Waals surface area contributed by atoms with Gasteiger partial charge in [-0.2, -0.15) is 0 Å². The minimum atomic E-state index is -0.618. The van der Waals surface area contributed by atoms with Crippen molar-refractivity contribution in [3.05, 3.63) is 59.7 Å². The number of fused-ring (bicyclic) bond motifs is 1. The van der Waals surface area contributed by atoms with E-state index in [0.29, 0.717) is 25.3 Å². The van der Waals surface area contributed by atoms with Crippen LogP contribution in [0.5, 0.6) is 11.5 Å². The zero-order chi connectivity index (χ0) is 20.2. The molecule has 2 aromatic rings. The lowest BCUT2D eigenvalue weighted by molar-refractivity contribution is -0.0365. The number of carbonyl (C=O) groups excluding carboxylic acids is 1. The molecule has 0 bridgehead atoms. The quantitative estimate of drug-likeness (QED) is 0.853. The van der Waals surface area contributed by atoms with Crippen molar-refractivity contribution in [3.63, 3.8) is 0 Å². The van der Waals surface area contributed by atoms with Gasteiger partial charge in [0.15, 0.2) is 23.1 Å². The van der Waals surface area contributed by atoms with E-state index in [1.807, 2.05) is 0 Å². The van der Waals surface area contributed by atoms with Gasteiger partial charge in [-0.1, -0.05) is 18.2 Å². The summed E-state index contributed by atoms with van der Waals surface area (Å²) in [7, 11) is 0. The van der Waals surface area contributed by atoms with Gasteiger partial charge in [-0.25, -0.2) is 13.6 Å². The van der Waals surface area contributed by atoms with Crippen LogP contribution in [-0.4, -0.2) is 61.3 Å². The molecule has 8 heteroatoms. The van der Waals surface area contributed by atoms with E-state index >= 15 is 0 Å². The van der Waals surface area contributed by atoms with Crippen molar-refractivity contribution < 1.29 is 23.0 Å². The van der Waals surface area contributed by atoms with Crippen LogP contribution < -0.4 is 10.1 Å². The summed E-state index contributed by atoms with van der Waals surface area (Å²) in [4.78, 5) is 16.6. The fraction of sp³-hybridized carbons (Fsp3) is 0.381. The second kappa shape index (κ2) is 8.75. The van der Waals surface area contributed by atoms with E-state index in [1.165, 1.54) is 30.3 Å². The Morgan fingerprint density at radius 2 is 1.93 bits per heavy atom. The fourth-order valence-electron chi connectivity index (χ4n) is 3.60. The normalized spacial score (nSPS) is 19.5. The number of nitrogens with zero attached hydrogens (tertiary/aromatic N) is 2. The molecule has 2 saturated heterocycles. The molecule has 0 saturated carbocycles. The van der Waals surface area contributed by atoms with Gasteiger partial charge < -0.3 is 19.7 Å². The van der Waals surface area contributed by atoms with Crippen LogP contribution in [0, 0.1) is 11.6 Å². The van der Waals surface area contributed by atoms with Crippen LogP contribution in [0.4, 0.5) is 13.6 Å². The highest BCUT2D eigenvalue weighted by Crippen LogP contribution is 2.27. The van der Waals surface area contributed by atoms with E-state index in [1.54, 1.807) is 17.0 Å². The number of rotatable bonds is 4. The van der Waals surface area contributed by atoms with Crippen LogP contribution >= 0.6 is 0 Å². The summed E-state index contributed by atoms with van der Waals surface area (Å²) in [6.07, 6.45) is 0. The zero-order valence-corrected chi connectivity index (χ0v) is 15.9. The van der Waals surface area contributed by atoms with Gasteiger partial charge in [-0.05, 0) is 29.8 Å². The van der Waals surface area contributed by atoms with Crippen molar-refractivity contribution in [2.45, 2.75) is 12.6 Å². The van der Waals surface area contributed by atoms with Gasteiger partial charge in [-0.3, -0.25) is 4.90 Å². The molecule has 1 atom stereocenters. The summed E-state index contributed by atoms with van der Waals surface area (Å²) in [6.45, 7) is 4.58. The zero-order valence-electron chi connectivity index (χ0n) is 15.9. The van der Waals surface area contributed by atoms with Crippen molar-refractivity contribution in [3.8, 4) is 11.5 Å². The minimum Gasteiger partial charge on any atom is -0.451 e. The number of benzene rings is 2. The van der Waals surface area contributed by atoms with Gasteiger partial charge in [0.1, 0.15) is 0 Å². The van der Waals surface area contributed by atoms with Crippen LogP contribution in [-0.2, 0) is 11.3 Å². The number of nitrogens with one attached hydrogen (secondary N) is 1. The van der Waals surface area contributed by atoms with Crippen molar-refractivity contribution in [2.75, 3.05) is 39.4 Å². The number of hydrogen-bond donors (Lipinski definition) is 1. The molecule has 0 radical (unpaired) electrons. The number of piperazine rings is 1. The fourth-order valence-corrected chi connectivity index (χ4v) is 3.60. The second-order valence-electron chi connectivity index (χ2n) is 7.17. The predicted molar refractivity (Wildman–Crippen MR) is 103 cm³/mol. The lowest BCUT2D eigenvalue weighted by Crippen LogP contribution is -2.60. The molecule has 2 aliphatic heterocycles. The summed E-state index contributed by atoms with van der Waals surface area (Å²) in [6, 6.07) is 10.2. The van der Waals surface area contributed by atoms with Gasteiger partial charge in [-0.15, -0.1) is 0 Å². The maximum absolute atomic E-state index is 14.3. The minimum absolute atomic E-state index is 0.0433. The Labute approximate surface area is 168 Å². The Hall–Kier alpha value is -2.71. The third kappa shape index (κ3) is 4.65. The number of halogens is 2. The number of morpholine rings is 1. The molecule has 1 N–H and O–H groups in total. The topological polar surface area (TPSA) is 54.0 Å². The van der Waals surface area contributed by atoms with Crippen LogP contribution in [0.1, 0.15) is 5.56 Å². The number of amides is 2. The number of hydrogen-bond acceptors (Lipinski definition) is 4. The second-order valence-corrected chi connectivity index (χ2v) is 7.17. The standard InChI is InChI=1S/C21H23F2N3O3/c22-17-3-1-2-4-19(17)29-20-6-5-15(11-18(20)23)12-24-21(27)26-8-7-25-9-10-28-14-16(25)13-26/h1-6,11,16H,7-10,12-14H2,(H,24,27). The molecule has 0 aromatic heterocycles. The maximum Gasteiger partial charge on any atom is 0.317 e. The summed E-state index contributed by atoms with van der Waals surface area (Å²) in [5.41, 5.74) is 0.594. The first-order valence-electron chi connectivity index (χ1n) is 9.65. The average molecular weight is 403 g/mol. The molecule has 2 heterocycles. The van der Waals surface area contributed by atoms with Gasteiger partial charge in [0.25, 0.3) is 0 Å². The molecule has 0 aliphatic carbocycles. The summed E-state index contributed by atoms with van der Waals surface area (Å²) >= 11 is 0. The Kier molecular flexibility index (Phi) is 5.92. The molecule has 0 spiro atoms. The van der Waals surface area contributed by atoms with E-state index in [9.17, 15) is 13.6 Å². The van der Waals surface area contributed by atoms with Gasteiger partial charge in [0.2, 0.25) is 0 Å². The molecule has 2 aliphatic rings. The number of ether oxygens (including phenoxy) is 2. The smallest absolute Gasteiger partial charge is 0.317 e. The van der Waals surface area contributed by atoms with Crippen LogP contribution in [0.15, 0.2) is 42.5 Å². The van der Waals surface area contributed by atoms with Crippen molar-refractivity contribution in [1.82, 2.24) is 15.1 Å². The highest BCUT2D eigenvalue weighted by atomic mass is 19.1. The van der Waals surface area contributed by atoms with Gasteiger partial charge in [0, 0.05) is 32.7 Å². The number of carbonyl (C=O) groups is 1. The summed E-state index contributed by atoms with van der Waals surface area (Å²) < 4.78 is 38.8. The van der Waals surface area contributed by atoms with E-state index < -0.39 is 11.6 Å². The number of urea groups is 1. The highest BCUT2D eigenvalue weighted by Gasteiger charge is 2.31. The van der Waals surface area contributed by atoms with E-state index in [4.69, 9.17) is 9.47 Å². The van der Waals surface area contributed by atoms with Crippen molar-refractivity contribution in [1.29, 1.82) is 0 Å². The molecule has 2 fully saturated rings. The van der Waals surface area contributed by atoms with Gasteiger partial charge in [0.05, 0.1) is 19.3 Å². The van der Waals surface area contributed by atoms with Crippen molar-refractivity contribution in [2.24, 2.45) is 0 Å². The average Bonchev–Trinajstić information content (AvgIpc) is 2.75. The molecular weight excluding hydrogens is 380 g/mol. The van der Waals surface area contributed by atoms with E-state index in [2.05, 4.69) is 10.2 Å². The van der Waals surface area contributed by atoms with E-state index in [-0.39, 0.29) is 30.1 Å².